The van der Waals surface area contributed by atoms with E-state index in [0.717, 1.165) is 24.3 Å². The van der Waals surface area contributed by atoms with E-state index in [0.29, 0.717) is 15.8 Å². The molecule has 2 aromatic rings. The van der Waals surface area contributed by atoms with Crippen LogP contribution < -0.4 is 10.1 Å². The van der Waals surface area contributed by atoms with E-state index in [2.05, 4.69) is 19.2 Å². The van der Waals surface area contributed by atoms with Crippen LogP contribution in [-0.4, -0.2) is 6.54 Å². The molecule has 0 radical (unpaired) electrons. The first-order valence-corrected chi connectivity index (χ1v) is 7.82. The van der Waals surface area contributed by atoms with Gasteiger partial charge < -0.3 is 10.1 Å². The average Bonchev–Trinajstić information content (AvgIpc) is 2.47. The number of benzene rings is 2. The summed E-state index contributed by atoms with van der Waals surface area (Å²) in [7, 11) is 0. The number of ether oxygens (including phenoxy) is 1. The van der Waals surface area contributed by atoms with E-state index < -0.39 is 0 Å². The maximum absolute atomic E-state index is 6.35. The second kappa shape index (κ2) is 7.69. The summed E-state index contributed by atoms with van der Waals surface area (Å²) in [5.74, 6) is 1.45. The maximum atomic E-state index is 6.35. The van der Waals surface area contributed by atoms with Crippen molar-refractivity contribution in [2.45, 2.75) is 26.3 Å². The van der Waals surface area contributed by atoms with Gasteiger partial charge in [0.05, 0.1) is 0 Å². The molecule has 0 saturated heterocycles. The minimum atomic E-state index is 0.224. The number of hydrogen-bond acceptors (Lipinski definition) is 2. The molecule has 1 unspecified atom stereocenters. The Balaban J connectivity index is 2.09. The lowest BCUT2D eigenvalue weighted by Crippen LogP contribution is -2.19. The van der Waals surface area contributed by atoms with Crippen molar-refractivity contribution >= 4 is 23.2 Å². The van der Waals surface area contributed by atoms with Gasteiger partial charge in [0, 0.05) is 16.1 Å². The van der Waals surface area contributed by atoms with Gasteiger partial charge in [-0.25, -0.2) is 0 Å². The van der Waals surface area contributed by atoms with Crippen LogP contribution in [0.5, 0.6) is 11.5 Å². The Kier molecular flexibility index (Phi) is 5.92. The van der Waals surface area contributed by atoms with E-state index in [1.807, 2.05) is 30.3 Å². The molecule has 21 heavy (non-hydrogen) atoms. The molecule has 0 aromatic heterocycles. The fraction of sp³-hybridized carbons (Fsp3) is 0.294. The predicted octanol–water partition coefficient (Wildman–Crippen LogP) is 5.85. The van der Waals surface area contributed by atoms with Crippen LogP contribution in [0.4, 0.5) is 0 Å². The quantitative estimate of drug-likeness (QED) is 0.720. The molecule has 0 heterocycles. The van der Waals surface area contributed by atoms with Crippen molar-refractivity contribution in [1.29, 1.82) is 0 Å². The van der Waals surface area contributed by atoms with E-state index in [1.54, 1.807) is 12.1 Å². The molecule has 0 bridgehead atoms. The Morgan fingerprint density at radius 3 is 2.33 bits per heavy atom. The van der Waals surface area contributed by atoms with Gasteiger partial charge in [-0.2, -0.15) is 0 Å². The summed E-state index contributed by atoms with van der Waals surface area (Å²) in [5, 5.41) is 4.82. The van der Waals surface area contributed by atoms with Crippen molar-refractivity contribution in [3.63, 3.8) is 0 Å². The summed E-state index contributed by atoms with van der Waals surface area (Å²) in [4.78, 5) is 0. The summed E-state index contributed by atoms with van der Waals surface area (Å²) in [6.45, 7) is 5.22. The molecule has 0 fully saturated rings. The lowest BCUT2D eigenvalue weighted by molar-refractivity contribution is 0.482. The highest BCUT2D eigenvalue weighted by molar-refractivity contribution is 6.31. The molecule has 2 aromatic carbocycles. The standard InChI is InChI=1S/C17H19Cl2NO/c1-3-10-20-12(2)16-9-8-15(11-17(16)19)21-14-6-4-13(18)5-7-14/h4-9,11-12,20H,3,10H2,1-2H3. The number of rotatable bonds is 6. The largest absolute Gasteiger partial charge is 0.457 e. The highest BCUT2D eigenvalue weighted by Crippen LogP contribution is 2.30. The molecule has 2 nitrogen and oxygen atoms in total. The van der Waals surface area contributed by atoms with Crippen molar-refractivity contribution in [3.8, 4) is 11.5 Å². The van der Waals surface area contributed by atoms with Crippen LogP contribution in [-0.2, 0) is 0 Å². The third kappa shape index (κ3) is 4.63. The van der Waals surface area contributed by atoms with Crippen LogP contribution >= 0.6 is 23.2 Å². The third-order valence-electron chi connectivity index (χ3n) is 3.19. The van der Waals surface area contributed by atoms with E-state index >= 15 is 0 Å². The summed E-state index contributed by atoms with van der Waals surface area (Å²) >= 11 is 12.2. The van der Waals surface area contributed by atoms with Gasteiger partial charge in [0.2, 0.25) is 0 Å². The highest BCUT2D eigenvalue weighted by Gasteiger charge is 2.10. The fourth-order valence-corrected chi connectivity index (χ4v) is 2.49. The molecule has 1 atom stereocenters. The first-order valence-electron chi connectivity index (χ1n) is 7.06. The first kappa shape index (κ1) is 16.2. The Morgan fingerprint density at radius 2 is 1.71 bits per heavy atom. The highest BCUT2D eigenvalue weighted by atomic mass is 35.5. The van der Waals surface area contributed by atoms with Gasteiger partial charge in [-0.15, -0.1) is 0 Å². The Hall–Kier alpha value is -1.22. The van der Waals surface area contributed by atoms with Gasteiger partial charge in [-0.1, -0.05) is 36.2 Å². The van der Waals surface area contributed by atoms with E-state index in [1.165, 1.54) is 0 Å². The van der Waals surface area contributed by atoms with Gasteiger partial charge in [0.1, 0.15) is 11.5 Å². The summed E-state index contributed by atoms with van der Waals surface area (Å²) in [6.07, 6.45) is 1.10. The topological polar surface area (TPSA) is 21.3 Å². The predicted molar refractivity (Wildman–Crippen MR) is 89.7 cm³/mol. The van der Waals surface area contributed by atoms with Gasteiger partial charge >= 0.3 is 0 Å². The molecule has 0 aliphatic heterocycles. The van der Waals surface area contributed by atoms with Crippen LogP contribution in [0.2, 0.25) is 10.0 Å². The lowest BCUT2D eigenvalue weighted by atomic mass is 10.1. The fourth-order valence-electron chi connectivity index (χ4n) is 2.03. The molecule has 4 heteroatoms. The Bertz CT molecular complexity index is 584. The van der Waals surface area contributed by atoms with E-state index in [9.17, 15) is 0 Å². The van der Waals surface area contributed by atoms with Crippen molar-refractivity contribution < 1.29 is 4.74 Å². The van der Waals surface area contributed by atoms with Gasteiger partial charge in [-0.05, 0) is 61.9 Å². The normalized spacial score (nSPS) is 12.2. The first-order chi connectivity index (χ1) is 10.1. The van der Waals surface area contributed by atoms with Crippen LogP contribution in [0.15, 0.2) is 42.5 Å². The summed E-state index contributed by atoms with van der Waals surface area (Å²) in [6, 6.07) is 13.2. The Labute approximate surface area is 136 Å². The second-order valence-corrected chi connectivity index (χ2v) is 5.76. The number of nitrogens with one attached hydrogen (secondary N) is 1. The monoisotopic (exact) mass is 323 g/mol. The average molecular weight is 324 g/mol. The van der Waals surface area contributed by atoms with Crippen LogP contribution in [0, 0.1) is 0 Å². The third-order valence-corrected chi connectivity index (χ3v) is 3.77. The molecular weight excluding hydrogens is 305 g/mol. The zero-order chi connectivity index (χ0) is 15.2. The number of hydrogen-bond donors (Lipinski definition) is 1. The van der Waals surface area contributed by atoms with Crippen LogP contribution in [0.1, 0.15) is 31.9 Å². The van der Waals surface area contributed by atoms with Crippen molar-refractivity contribution in [2.24, 2.45) is 0 Å². The van der Waals surface area contributed by atoms with Gasteiger partial charge in [-0.3, -0.25) is 0 Å². The van der Waals surface area contributed by atoms with Crippen LogP contribution in [0.25, 0.3) is 0 Å². The Morgan fingerprint density at radius 1 is 1.05 bits per heavy atom. The summed E-state index contributed by atoms with van der Waals surface area (Å²) in [5.41, 5.74) is 1.08. The minimum Gasteiger partial charge on any atom is -0.457 e. The minimum absolute atomic E-state index is 0.224. The van der Waals surface area contributed by atoms with Crippen molar-refractivity contribution in [3.05, 3.63) is 58.1 Å². The molecule has 112 valence electrons. The smallest absolute Gasteiger partial charge is 0.128 e. The number of halogens is 2. The van der Waals surface area contributed by atoms with Gasteiger partial charge in [0.15, 0.2) is 0 Å². The zero-order valence-corrected chi connectivity index (χ0v) is 13.7. The zero-order valence-electron chi connectivity index (χ0n) is 12.2. The SMILES string of the molecule is CCCNC(C)c1ccc(Oc2ccc(Cl)cc2)cc1Cl. The maximum Gasteiger partial charge on any atom is 0.128 e. The molecule has 0 amide bonds. The van der Waals surface area contributed by atoms with Crippen molar-refractivity contribution in [2.75, 3.05) is 6.54 Å². The lowest BCUT2D eigenvalue weighted by Gasteiger charge is -2.16. The van der Waals surface area contributed by atoms with E-state index in [-0.39, 0.29) is 6.04 Å². The molecule has 0 aliphatic rings. The molecule has 1 N–H and O–H groups in total. The van der Waals surface area contributed by atoms with Gasteiger partial charge in [0.25, 0.3) is 0 Å². The van der Waals surface area contributed by atoms with Crippen LogP contribution in [0.3, 0.4) is 0 Å². The van der Waals surface area contributed by atoms with E-state index in [4.69, 9.17) is 27.9 Å². The van der Waals surface area contributed by atoms with Crippen molar-refractivity contribution in [1.82, 2.24) is 5.32 Å². The molecule has 0 aliphatic carbocycles. The molecule has 0 spiro atoms. The molecular formula is C17H19Cl2NO. The second-order valence-electron chi connectivity index (χ2n) is 4.92. The molecule has 2 rings (SSSR count). The molecule has 0 saturated carbocycles. The summed E-state index contributed by atoms with van der Waals surface area (Å²) < 4.78 is 5.77.